The number of nitrogens with two attached hydrogens (primary N) is 1. The summed E-state index contributed by atoms with van der Waals surface area (Å²) < 4.78 is 12.5. The Morgan fingerprint density at radius 1 is 0.984 bits per heavy atom. The van der Waals surface area contributed by atoms with Gasteiger partial charge in [0.05, 0.1) is 40.3 Å². The van der Waals surface area contributed by atoms with Crippen LogP contribution in [-0.4, -0.2) is 110 Å². The smallest absolute Gasteiger partial charge is 0.415 e. The number of hydrogen-bond donors (Lipinski definition) is 5. The molecule has 0 bridgehead atoms. The fraction of sp³-hybridized carbons (Fsp3) is 0.348. The predicted octanol–water partition coefficient (Wildman–Crippen LogP) is 4.77. The normalized spacial score (nSPS) is 16.0. The van der Waals surface area contributed by atoms with E-state index in [0.29, 0.717) is 60.0 Å². The van der Waals surface area contributed by atoms with E-state index in [1.165, 1.54) is 12.1 Å². The molecule has 328 valence electrons. The highest BCUT2D eigenvalue weighted by Gasteiger charge is 2.35. The highest BCUT2D eigenvalue weighted by atomic mass is 16.6. The zero-order chi connectivity index (χ0) is 44.9. The largest absolute Gasteiger partial charge is 0.508 e. The molecule has 0 spiro atoms. The van der Waals surface area contributed by atoms with E-state index in [0.717, 1.165) is 53.2 Å². The second kappa shape index (κ2) is 17.2. The number of urea groups is 1. The molecule has 8 rings (SSSR count). The molecule has 3 aliphatic rings. The number of aryl methyl sites for hydroxylation is 1. The molecule has 2 aromatic heterocycles. The number of aromatic hydroxyl groups is 2. The van der Waals surface area contributed by atoms with Crippen LogP contribution in [0.3, 0.4) is 0 Å². The standard InChI is InChI=1S/C46H50N8O9/c1-5-29-31-18-28(10-11-36(31)49-40-34(29)23-53-37(40)20-32-35(43(53)58)24-62-44(59)41(32)57)63-46(61)50(4)12-13-51-14-16-52(17-15-51)22-26-6-8-27(9-7-26)54(45(48)60)42(47)33-19-30(25(2)3)38(55)21-39(33)56/h6-11,18-21,25,41,47,55-57H,5,12-17,22-24H2,1-4H3,(H2,48,60). The van der Waals surface area contributed by atoms with Crippen molar-refractivity contribution in [3.8, 4) is 28.6 Å². The van der Waals surface area contributed by atoms with Gasteiger partial charge in [-0.25, -0.2) is 24.3 Å². The van der Waals surface area contributed by atoms with Crippen molar-refractivity contribution in [3.63, 3.8) is 0 Å². The van der Waals surface area contributed by atoms with Crippen LogP contribution in [0.1, 0.15) is 71.7 Å². The van der Waals surface area contributed by atoms with Crippen molar-refractivity contribution in [1.82, 2.24) is 24.3 Å². The lowest BCUT2D eigenvalue weighted by molar-refractivity contribution is -0.157. The third-order valence-electron chi connectivity index (χ3n) is 12.2. The number of fused-ring (bicyclic) bond motifs is 5. The number of carbonyl (C=O) groups is 3. The maximum Gasteiger partial charge on any atom is 0.415 e. The van der Waals surface area contributed by atoms with Gasteiger partial charge in [-0.3, -0.25) is 20.0 Å². The van der Waals surface area contributed by atoms with E-state index in [9.17, 15) is 34.5 Å². The third-order valence-corrected chi connectivity index (χ3v) is 12.2. The summed E-state index contributed by atoms with van der Waals surface area (Å²) in [6, 6.07) is 15.9. The molecule has 6 N–H and O–H groups in total. The number of aliphatic hydroxyl groups is 1. The number of amidine groups is 1. The number of nitrogens with zero attached hydrogens (tertiary/aromatic N) is 6. The molecule has 63 heavy (non-hydrogen) atoms. The monoisotopic (exact) mass is 858 g/mol. The van der Waals surface area contributed by atoms with Crippen molar-refractivity contribution in [1.29, 1.82) is 5.41 Å². The number of pyridine rings is 2. The van der Waals surface area contributed by atoms with Crippen LogP contribution < -0.4 is 20.9 Å². The topological polar surface area (TPSA) is 228 Å². The fourth-order valence-corrected chi connectivity index (χ4v) is 8.63. The van der Waals surface area contributed by atoms with Gasteiger partial charge in [0.25, 0.3) is 5.56 Å². The highest BCUT2D eigenvalue weighted by Crippen LogP contribution is 2.39. The number of primary amides is 1. The molecule has 1 saturated heterocycles. The SMILES string of the molecule is CCc1c2c(nc3ccc(OC(=O)N(C)CCN4CCN(Cc5ccc(N(C(=N)c6cc(C(C)C)c(O)cc6O)C(N)=O)cc5)CC4)cc13)-c1cc3c(c(=O)n1C2)COC(=O)C3O. The van der Waals surface area contributed by atoms with Gasteiger partial charge in [-0.05, 0) is 71.5 Å². The van der Waals surface area contributed by atoms with Crippen molar-refractivity contribution in [3.05, 3.63) is 110 Å². The van der Waals surface area contributed by atoms with E-state index in [-0.39, 0.29) is 58.7 Å². The van der Waals surface area contributed by atoms with Crippen LogP contribution in [-0.2, 0) is 35.6 Å². The first kappa shape index (κ1) is 42.9. The average molecular weight is 859 g/mol. The molecule has 1 unspecified atom stereocenters. The fourth-order valence-electron chi connectivity index (χ4n) is 8.63. The highest BCUT2D eigenvalue weighted by molar-refractivity contribution is 6.22. The van der Waals surface area contributed by atoms with Crippen LogP contribution in [0.2, 0.25) is 0 Å². The molecule has 5 aromatic rings. The van der Waals surface area contributed by atoms with Crippen molar-refractivity contribution >= 4 is 40.5 Å². The van der Waals surface area contributed by atoms with Crippen molar-refractivity contribution in [2.75, 3.05) is 51.2 Å². The Labute approximate surface area is 363 Å². The Morgan fingerprint density at radius 3 is 2.38 bits per heavy atom. The van der Waals surface area contributed by atoms with Gasteiger partial charge in [-0.15, -0.1) is 0 Å². The Bertz CT molecular complexity index is 2730. The molecule has 1 fully saturated rings. The number of amides is 3. The van der Waals surface area contributed by atoms with Crippen LogP contribution >= 0.6 is 0 Å². The summed E-state index contributed by atoms with van der Waals surface area (Å²) in [5.41, 5.74) is 11.5. The minimum Gasteiger partial charge on any atom is -0.508 e. The number of aromatic nitrogens is 2. The molecule has 5 heterocycles. The second-order valence-corrected chi connectivity index (χ2v) is 16.5. The number of phenolic OH excluding ortho intramolecular Hbond substituents is 2. The molecule has 0 aliphatic carbocycles. The number of cyclic esters (lactones) is 1. The Balaban J connectivity index is 0.847. The minimum absolute atomic E-state index is 0.0750. The number of hydrogen-bond acceptors (Lipinski definition) is 13. The van der Waals surface area contributed by atoms with Gasteiger partial charge in [0.2, 0.25) is 0 Å². The van der Waals surface area contributed by atoms with Crippen LogP contribution in [0, 0.1) is 5.41 Å². The summed E-state index contributed by atoms with van der Waals surface area (Å²) >= 11 is 0. The van der Waals surface area contributed by atoms with Crippen molar-refractivity contribution in [2.45, 2.75) is 58.9 Å². The molecular weight excluding hydrogens is 809 g/mol. The van der Waals surface area contributed by atoms with Crippen molar-refractivity contribution < 1.29 is 39.2 Å². The number of benzene rings is 3. The number of esters is 1. The van der Waals surface area contributed by atoms with E-state index in [2.05, 4.69) is 9.80 Å². The number of anilines is 1. The molecular formula is C46H50N8O9. The zero-order valence-electron chi connectivity index (χ0n) is 35.6. The number of phenols is 2. The van der Waals surface area contributed by atoms with Gasteiger partial charge >= 0.3 is 18.1 Å². The molecule has 3 aliphatic heterocycles. The molecule has 17 nitrogen and oxygen atoms in total. The van der Waals surface area contributed by atoms with Gasteiger partial charge in [-0.1, -0.05) is 32.9 Å². The summed E-state index contributed by atoms with van der Waals surface area (Å²) in [6.45, 7) is 10.8. The quantitative estimate of drug-likeness (QED) is 0.0713. The summed E-state index contributed by atoms with van der Waals surface area (Å²) in [7, 11) is 1.70. The number of carbonyl (C=O) groups excluding carboxylic acids is 3. The van der Waals surface area contributed by atoms with E-state index in [4.69, 9.17) is 25.6 Å². The molecule has 17 heteroatoms. The van der Waals surface area contributed by atoms with Crippen LogP contribution in [0.5, 0.6) is 17.2 Å². The minimum atomic E-state index is -1.53. The third kappa shape index (κ3) is 8.17. The van der Waals surface area contributed by atoms with Crippen LogP contribution in [0.15, 0.2) is 65.5 Å². The van der Waals surface area contributed by atoms with Gasteiger partial charge in [0, 0.05) is 75.4 Å². The lowest BCUT2D eigenvalue weighted by Gasteiger charge is -2.35. The van der Waals surface area contributed by atoms with E-state index in [1.54, 1.807) is 52.9 Å². The lowest BCUT2D eigenvalue weighted by Crippen LogP contribution is -2.48. The van der Waals surface area contributed by atoms with E-state index < -0.39 is 24.2 Å². The van der Waals surface area contributed by atoms with Gasteiger partial charge in [-0.2, -0.15) is 0 Å². The van der Waals surface area contributed by atoms with Gasteiger partial charge < -0.3 is 40.0 Å². The van der Waals surface area contributed by atoms with Gasteiger partial charge in [0.15, 0.2) is 6.10 Å². The maximum absolute atomic E-state index is 13.5. The van der Waals surface area contributed by atoms with Gasteiger partial charge in [0.1, 0.15) is 29.7 Å². The molecule has 1 atom stereocenters. The first-order chi connectivity index (χ1) is 30.1. The van der Waals surface area contributed by atoms with E-state index in [1.807, 2.05) is 32.9 Å². The maximum atomic E-state index is 13.5. The number of piperazine rings is 1. The average Bonchev–Trinajstić information content (AvgIpc) is 3.62. The Kier molecular flexibility index (Phi) is 11.7. The second-order valence-electron chi connectivity index (χ2n) is 16.5. The zero-order valence-corrected chi connectivity index (χ0v) is 35.6. The molecule has 3 aromatic carbocycles. The Hall–Kier alpha value is -6.82. The number of aliphatic hydroxyl groups excluding tert-OH is 1. The first-order valence-corrected chi connectivity index (χ1v) is 20.9. The van der Waals surface area contributed by atoms with Crippen LogP contribution in [0.4, 0.5) is 15.3 Å². The number of rotatable bonds is 10. The first-order valence-electron chi connectivity index (χ1n) is 20.9. The summed E-state index contributed by atoms with van der Waals surface area (Å²) in [5.74, 6) is -1.23. The number of likely N-dealkylation sites (N-methyl/N-ethyl adjacent to an activating group) is 1. The number of nitrogens with one attached hydrogen (secondary N) is 1. The predicted molar refractivity (Wildman–Crippen MR) is 234 cm³/mol. The summed E-state index contributed by atoms with van der Waals surface area (Å²) in [6.07, 6.45) is -1.40. The lowest BCUT2D eigenvalue weighted by atomic mass is 9.97. The van der Waals surface area contributed by atoms with E-state index >= 15 is 0 Å². The molecule has 3 amide bonds. The molecule has 0 saturated carbocycles. The summed E-state index contributed by atoms with van der Waals surface area (Å²) in [5, 5.41) is 40.8. The summed E-state index contributed by atoms with van der Waals surface area (Å²) in [4.78, 5) is 63.4. The Morgan fingerprint density at radius 2 is 1.70 bits per heavy atom. The van der Waals surface area contributed by atoms with Crippen molar-refractivity contribution in [2.24, 2.45) is 5.73 Å². The number of ether oxygens (including phenoxy) is 2. The molecule has 0 radical (unpaired) electrons. The van der Waals surface area contributed by atoms with Crippen LogP contribution in [0.25, 0.3) is 22.3 Å².